The fourth-order valence-corrected chi connectivity index (χ4v) is 2.74. The molecule has 1 aromatic carbocycles. The van der Waals surface area contributed by atoms with E-state index in [1.54, 1.807) is 22.7 Å². The second-order valence-corrected chi connectivity index (χ2v) is 6.11. The summed E-state index contributed by atoms with van der Waals surface area (Å²) in [6.45, 7) is 4.62. The zero-order valence-electron chi connectivity index (χ0n) is 14.3. The molecule has 0 spiro atoms. The zero-order valence-corrected chi connectivity index (χ0v) is 14.3. The molecule has 0 fully saturated rings. The van der Waals surface area contributed by atoms with E-state index in [-0.39, 0.29) is 11.6 Å². The fourth-order valence-electron chi connectivity index (χ4n) is 2.74. The van der Waals surface area contributed by atoms with Crippen LogP contribution in [0.3, 0.4) is 0 Å². The van der Waals surface area contributed by atoms with Crippen LogP contribution in [0.25, 0.3) is 11.5 Å². The lowest BCUT2D eigenvalue weighted by Gasteiger charge is -2.16. The van der Waals surface area contributed by atoms with Crippen molar-refractivity contribution in [2.24, 2.45) is 7.05 Å². The molecule has 2 aromatic heterocycles. The third-order valence-corrected chi connectivity index (χ3v) is 3.74. The molecule has 3 rings (SSSR count). The first-order valence-corrected chi connectivity index (χ1v) is 7.72. The number of benzene rings is 1. The Hall–Kier alpha value is -2.89. The van der Waals surface area contributed by atoms with Gasteiger partial charge in [-0.2, -0.15) is 5.10 Å². The van der Waals surface area contributed by atoms with Gasteiger partial charge in [-0.1, -0.05) is 34.5 Å². The Balaban J connectivity index is 1.75. The van der Waals surface area contributed by atoms with Crippen molar-refractivity contribution >= 4 is 5.91 Å². The van der Waals surface area contributed by atoms with Crippen molar-refractivity contribution in [1.82, 2.24) is 19.8 Å². The largest absolute Gasteiger partial charge is 0.354 e. The Labute approximate surface area is 140 Å². The van der Waals surface area contributed by atoms with Gasteiger partial charge in [0.1, 0.15) is 5.69 Å². The van der Waals surface area contributed by atoms with Gasteiger partial charge in [0.25, 0.3) is 5.91 Å². The maximum Gasteiger partial charge on any atom is 0.276 e. The Bertz CT molecular complexity index is 859. The molecule has 0 atom stereocenters. The molecule has 0 aliphatic heterocycles. The number of amides is 1. The van der Waals surface area contributed by atoms with Crippen molar-refractivity contribution in [3.05, 3.63) is 58.9 Å². The van der Waals surface area contributed by atoms with Crippen LogP contribution in [-0.4, -0.2) is 32.8 Å². The highest BCUT2D eigenvalue weighted by Gasteiger charge is 2.19. The molecule has 6 nitrogen and oxygen atoms in total. The van der Waals surface area contributed by atoms with Crippen LogP contribution in [-0.2, 0) is 13.6 Å². The molecular formula is C18H20N4O2. The van der Waals surface area contributed by atoms with Gasteiger partial charge in [0.15, 0.2) is 11.5 Å². The summed E-state index contributed by atoms with van der Waals surface area (Å²) >= 11 is 0. The highest BCUT2D eigenvalue weighted by atomic mass is 16.5. The summed E-state index contributed by atoms with van der Waals surface area (Å²) in [5, 5.41) is 8.13. The Kier molecular flexibility index (Phi) is 4.20. The Morgan fingerprint density at radius 2 is 1.92 bits per heavy atom. The molecule has 0 radical (unpaired) electrons. The van der Waals surface area contributed by atoms with Crippen LogP contribution in [0.2, 0.25) is 0 Å². The maximum atomic E-state index is 12.5. The standard InChI is InChI=1S/C18H20N4O2/c1-12-7-13(2)9-14(8-12)11-21(3)18(23)16-10-17(24-20-16)15-5-6-22(4)19-15/h5-10H,11H2,1-4H3. The van der Waals surface area contributed by atoms with Crippen LogP contribution in [0.15, 0.2) is 41.1 Å². The van der Waals surface area contributed by atoms with E-state index in [9.17, 15) is 4.79 Å². The molecule has 6 heteroatoms. The van der Waals surface area contributed by atoms with E-state index in [0.29, 0.717) is 18.0 Å². The number of hydrogen-bond donors (Lipinski definition) is 0. The average molecular weight is 324 g/mol. The highest BCUT2D eigenvalue weighted by molar-refractivity contribution is 5.92. The topological polar surface area (TPSA) is 64.2 Å². The van der Waals surface area contributed by atoms with Gasteiger partial charge in [0, 0.05) is 32.9 Å². The highest BCUT2D eigenvalue weighted by Crippen LogP contribution is 2.19. The van der Waals surface area contributed by atoms with Crippen molar-refractivity contribution in [2.45, 2.75) is 20.4 Å². The van der Waals surface area contributed by atoms with Crippen LogP contribution < -0.4 is 0 Å². The quantitative estimate of drug-likeness (QED) is 0.740. The van der Waals surface area contributed by atoms with Crippen molar-refractivity contribution in [2.75, 3.05) is 7.05 Å². The Morgan fingerprint density at radius 3 is 2.54 bits per heavy atom. The minimum Gasteiger partial charge on any atom is -0.354 e. The lowest BCUT2D eigenvalue weighted by atomic mass is 10.1. The van der Waals surface area contributed by atoms with E-state index in [1.807, 2.05) is 19.3 Å². The summed E-state index contributed by atoms with van der Waals surface area (Å²) in [7, 11) is 3.58. The van der Waals surface area contributed by atoms with Crippen LogP contribution in [0.5, 0.6) is 0 Å². The van der Waals surface area contributed by atoms with Crippen molar-refractivity contribution in [3.63, 3.8) is 0 Å². The van der Waals surface area contributed by atoms with Crippen molar-refractivity contribution < 1.29 is 9.32 Å². The van der Waals surface area contributed by atoms with E-state index in [1.165, 1.54) is 11.1 Å². The predicted molar refractivity (Wildman–Crippen MR) is 90.4 cm³/mol. The van der Waals surface area contributed by atoms with Gasteiger partial charge in [-0.3, -0.25) is 9.48 Å². The lowest BCUT2D eigenvalue weighted by Crippen LogP contribution is -2.26. The van der Waals surface area contributed by atoms with Gasteiger partial charge >= 0.3 is 0 Å². The van der Waals surface area contributed by atoms with Crippen LogP contribution in [0, 0.1) is 13.8 Å². The molecule has 0 N–H and O–H groups in total. The molecule has 0 saturated heterocycles. The summed E-state index contributed by atoms with van der Waals surface area (Å²) in [4.78, 5) is 14.2. The monoisotopic (exact) mass is 324 g/mol. The van der Waals surface area contributed by atoms with Crippen molar-refractivity contribution in [1.29, 1.82) is 0 Å². The average Bonchev–Trinajstić information content (AvgIpc) is 3.14. The molecule has 1 amide bonds. The molecule has 2 heterocycles. The molecule has 3 aromatic rings. The molecule has 0 aliphatic carbocycles. The molecule has 0 unspecified atom stereocenters. The van der Waals surface area contributed by atoms with E-state index >= 15 is 0 Å². The SMILES string of the molecule is Cc1cc(C)cc(CN(C)C(=O)c2cc(-c3ccn(C)n3)on2)c1. The van der Waals surface area contributed by atoms with E-state index < -0.39 is 0 Å². The smallest absolute Gasteiger partial charge is 0.276 e. The normalized spacial score (nSPS) is 10.8. The number of hydrogen-bond acceptors (Lipinski definition) is 4. The number of carbonyl (C=O) groups excluding carboxylic acids is 1. The number of aryl methyl sites for hydroxylation is 3. The van der Waals surface area contributed by atoms with Gasteiger partial charge < -0.3 is 9.42 Å². The minimum absolute atomic E-state index is 0.180. The van der Waals surface area contributed by atoms with E-state index in [0.717, 1.165) is 5.56 Å². The summed E-state index contributed by atoms with van der Waals surface area (Å²) < 4.78 is 6.92. The van der Waals surface area contributed by atoms with Gasteiger partial charge in [0.2, 0.25) is 0 Å². The van der Waals surface area contributed by atoms with Gasteiger partial charge in [-0.25, -0.2) is 0 Å². The van der Waals surface area contributed by atoms with Crippen LogP contribution >= 0.6 is 0 Å². The predicted octanol–water partition coefficient (Wildman–Crippen LogP) is 2.96. The summed E-state index contributed by atoms with van der Waals surface area (Å²) in [6.07, 6.45) is 1.81. The van der Waals surface area contributed by atoms with Crippen molar-refractivity contribution in [3.8, 4) is 11.5 Å². The number of nitrogens with zero attached hydrogens (tertiary/aromatic N) is 4. The number of carbonyl (C=O) groups is 1. The first kappa shape index (κ1) is 16.0. The molecule has 0 bridgehead atoms. The minimum atomic E-state index is -0.180. The van der Waals surface area contributed by atoms with E-state index in [4.69, 9.17) is 4.52 Å². The van der Waals surface area contributed by atoms with Crippen LogP contribution in [0.4, 0.5) is 0 Å². The van der Waals surface area contributed by atoms with Gasteiger partial charge in [-0.15, -0.1) is 0 Å². The molecule has 0 saturated carbocycles. The zero-order chi connectivity index (χ0) is 17.3. The summed E-state index contributed by atoms with van der Waals surface area (Å²) in [5.74, 6) is 0.304. The fraction of sp³-hybridized carbons (Fsp3) is 0.278. The second kappa shape index (κ2) is 6.31. The first-order chi connectivity index (χ1) is 11.4. The number of aromatic nitrogens is 3. The summed E-state index contributed by atoms with van der Waals surface area (Å²) in [6, 6.07) is 9.72. The lowest BCUT2D eigenvalue weighted by molar-refractivity contribution is 0.0775. The summed E-state index contributed by atoms with van der Waals surface area (Å²) in [5.41, 5.74) is 4.40. The second-order valence-electron chi connectivity index (χ2n) is 6.11. The first-order valence-electron chi connectivity index (χ1n) is 7.72. The number of rotatable bonds is 4. The van der Waals surface area contributed by atoms with Crippen LogP contribution in [0.1, 0.15) is 27.2 Å². The third-order valence-electron chi connectivity index (χ3n) is 3.74. The molecular weight excluding hydrogens is 304 g/mol. The molecule has 24 heavy (non-hydrogen) atoms. The van der Waals surface area contributed by atoms with Gasteiger partial charge in [0.05, 0.1) is 0 Å². The Morgan fingerprint density at radius 1 is 1.21 bits per heavy atom. The van der Waals surface area contributed by atoms with Gasteiger partial charge in [-0.05, 0) is 25.5 Å². The maximum absolute atomic E-state index is 12.5. The van der Waals surface area contributed by atoms with E-state index in [2.05, 4.69) is 42.3 Å². The molecule has 0 aliphatic rings. The third kappa shape index (κ3) is 3.37. The molecule has 124 valence electrons.